The molecule has 2 heterocycles. The number of nitrogens with one attached hydrogen (secondary N) is 1. The number of aryl methyl sites for hydroxylation is 1. The van der Waals surface area contributed by atoms with Crippen LogP contribution in [0.4, 0.5) is 0 Å². The molecule has 0 atom stereocenters. The maximum absolute atomic E-state index is 4.63. The van der Waals surface area contributed by atoms with E-state index in [-0.39, 0.29) is 0 Å². The van der Waals surface area contributed by atoms with Crippen molar-refractivity contribution >= 4 is 11.0 Å². The van der Waals surface area contributed by atoms with E-state index >= 15 is 0 Å². The molecule has 3 rings (SSSR count). The van der Waals surface area contributed by atoms with Gasteiger partial charge in [0.05, 0.1) is 11.4 Å². The summed E-state index contributed by atoms with van der Waals surface area (Å²) in [6, 6.07) is 12.3. The fourth-order valence-corrected chi connectivity index (χ4v) is 2.44. The van der Waals surface area contributed by atoms with Gasteiger partial charge in [-0.1, -0.05) is 25.1 Å². The van der Waals surface area contributed by atoms with Gasteiger partial charge in [-0.05, 0) is 43.7 Å². The molecule has 0 radical (unpaired) electrons. The maximum Gasteiger partial charge on any atom is 0.163 e. The van der Waals surface area contributed by atoms with E-state index in [2.05, 4.69) is 28.4 Å². The van der Waals surface area contributed by atoms with Gasteiger partial charge in [0.15, 0.2) is 5.65 Å². The molecule has 0 bridgehead atoms. The highest BCUT2D eigenvalue weighted by molar-refractivity contribution is 5.80. The van der Waals surface area contributed by atoms with Crippen LogP contribution in [0.1, 0.15) is 24.6 Å². The Morgan fingerprint density at radius 2 is 2.00 bits per heavy atom. The standard InChI is InChI=1S/C17H20N4/c1-3-9-18-11-14-10-16-13(2)20-21(17(16)19-12-14)15-7-5-4-6-8-15/h4-8,10,12,18H,3,9,11H2,1-2H3. The highest BCUT2D eigenvalue weighted by atomic mass is 15.3. The van der Waals surface area contributed by atoms with Gasteiger partial charge in [-0.2, -0.15) is 5.10 Å². The molecule has 1 aromatic carbocycles. The molecule has 0 amide bonds. The molecular weight excluding hydrogens is 260 g/mol. The number of hydrogen-bond acceptors (Lipinski definition) is 3. The molecule has 0 aliphatic carbocycles. The van der Waals surface area contributed by atoms with Crippen molar-refractivity contribution in [2.24, 2.45) is 0 Å². The Labute approximate surface area is 124 Å². The van der Waals surface area contributed by atoms with E-state index in [9.17, 15) is 0 Å². The first-order valence-electron chi connectivity index (χ1n) is 7.40. The summed E-state index contributed by atoms with van der Waals surface area (Å²) >= 11 is 0. The summed E-state index contributed by atoms with van der Waals surface area (Å²) in [7, 11) is 0. The number of nitrogens with zero attached hydrogens (tertiary/aromatic N) is 3. The third-order valence-electron chi connectivity index (χ3n) is 3.52. The first-order chi connectivity index (χ1) is 10.3. The van der Waals surface area contributed by atoms with Crippen LogP contribution in [0.25, 0.3) is 16.7 Å². The van der Waals surface area contributed by atoms with Crippen molar-refractivity contribution in [1.29, 1.82) is 0 Å². The fourth-order valence-electron chi connectivity index (χ4n) is 2.44. The minimum absolute atomic E-state index is 0.854. The van der Waals surface area contributed by atoms with E-state index in [1.54, 1.807) is 0 Å². The van der Waals surface area contributed by atoms with Crippen LogP contribution in [0.15, 0.2) is 42.6 Å². The molecule has 21 heavy (non-hydrogen) atoms. The minimum Gasteiger partial charge on any atom is -0.313 e. The van der Waals surface area contributed by atoms with Crippen LogP contribution >= 0.6 is 0 Å². The summed E-state index contributed by atoms with van der Waals surface area (Å²) in [5.74, 6) is 0. The van der Waals surface area contributed by atoms with E-state index in [1.165, 1.54) is 5.56 Å². The van der Waals surface area contributed by atoms with Gasteiger partial charge in [0, 0.05) is 18.1 Å². The third kappa shape index (κ3) is 2.81. The van der Waals surface area contributed by atoms with Crippen molar-refractivity contribution in [2.75, 3.05) is 6.54 Å². The van der Waals surface area contributed by atoms with Gasteiger partial charge >= 0.3 is 0 Å². The van der Waals surface area contributed by atoms with Crippen molar-refractivity contribution in [1.82, 2.24) is 20.1 Å². The topological polar surface area (TPSA) is 42.7 Å². The Balaban J connectivity index is 1.98. The molecule has 4 nitrogen and oxygen atoms in total. The molecular formula is C17H20N4. The SMILES string of the molecule is CCCNCc1cnc2c(c1)c(C)nn2-c1ccccc1. The second-order valence-electron chi connectivity index (χ2n) is 5.22. The molecule has 2 aromatic heterocycles. The molecule has 0 spiro atoms. The predicted molar refractivity (Wildman–Crippen MR) is 85.6 cm³/mol. The van der Waals surface area contributed by atoms with E-state index in [4.69, 9.17) is 0 Å². The number of para-hydroxylation sites is 1. The highest BCUT2D eigenvalue weighted by Gasteiger charge is 2.10. The Morgan fingerprint density at radius 1 is 1.19 bits per heavy atom. The zero-order valence-corrected chi connectivity index (χ0v) is 12.5. The molecule has 0 aliphatic heterocycles. The molecule has 0 aliphatic rings. The quantitative estimate of drug-likeness (QED) is 0.730. The lowest BCUT2D eigenvalue weighted by Crippen LogP contribution is -2.13. The van der Waals surface area contributed by atoms with Gasteiger partial charge in [0.25, 0.3) is 0 Å². The van der Waals surface area contributed by atoms with Crippen LogP contribution < -0.4 is 5.32 Å². The van der Waals surface area contributed by atoms with E-state index < -0.39 is 0 Å². The predicted octanol–water partition coefficient (Wildman–Crippen LogP) is 3.23. The van der Waals surface area contributed by atoms with Gasteiger partial charge in [-0.15, -0.1) is 0 Å². The summed E-state index contributed by atoms with van der Waals surface area (Å²) in [6.45, 7) is 6.09. The van der Waals surface area contributed by atoms with Crippen molar-refractivity contribution in [3.63, 3.8) is 0 Å². The van der Waals surface area contributed by atoms with E-state index in [0.717, 1.165) is 41.9 Å². The van der Waals surface area contributed by atoms with Crippen LogP contribution in [0.2, 0.25) is 0 Å². The Morgan fingerprint density at radius 3 is 2.76 bits per heavy atom. The van der Waals surface area contributed by atoms with Crippen LogP contribution in [0, 0.1) is 6.92 Å². The summed E-state index contributed by atoms with van der Waals surface area (Å²) in [5, 5.41) is 9.16. The van der Waals surface area contributed by atoms with Crippen molar-refractivity contribution in [2.45, 2.75) is 26.8 Å². The third-order valence-corrected chi connectivity index (χ3v) is 3.52. The van der Waals surface area contributed by atoms with Crippen molar-refractivity contribution < 1.29 is 0 Å². The molecule has 3 aromatic rings. The summed E-state index contributed by atoms with van der Waals surface area (Å²) in [4.78, 5) is 4.62. The van der Waals surface area contributed by atoms with Gasteiger partial charge in [-0.25, -0.2) is 9.67 Å². The second kappa shape index (κ2) is 6.06. The van der Waals surface area contributed by atoms with Crippen molar-refractivity contribution in [3.05, 3.63) is 53.9 Å². The number of pyridine rings is 1. The number of aromatic nitrogens is 3. The lowest BCUT2D eigenvalue weighted by atomic mass is 10.2. The van der Waals surface area contributed by atoms with Crippen LogP contribution in [0.3, 0.4) is 0 Å². The van der Waals surface area contributed by atoms with Gasteiger partial charge in [0.2, 0.25) is 0 Å². The molecule has 0 fully saturated rings. The van der Waals surface area contributed by atoms with E-state index in [0.29, 0.717) is 0 Å². The average Bonchev–Trinajstić information content (AvgIpc) is 2.85. The summed E-state index contributed by atoms with van der Waals surface area (Å²) in [5.41, 5.74) is 4.17. The van der Waals surface area contributed by atoms with Crippen LogP contribution in [-0.4, -0.2) is 21.3 Å². The normalized spacial score (nSPS) is 11.1. The van der Waals surface area contributed by atoms with Gasteiger partial charge < -0.3 is 5.32 Å². The Bertz CT molecular complexity index is 731. The minimum atomic E-state index is 0.854. The number of benzene rings is 1. The second-order valence-corrected chi connectivity index (χ2v) is 5.22. The zero-order chi connectivity index (χ0) is 14.7. The maximum atomic E-state index is 4.63. The zero-order valence-electron chi connectivity index (χ0n) is 12.5. The highest BCUT2D eigenvalue weighted by Crippen LogP contribution is 2.20. The molecule has 0 saturated heterocycles. The lowest BCUT2D eigenvalue weighted by Gasteiger charge is -2.04. The number of fused-ring (bicyclic) bond motifs is 1. The smallest absolute Gasteiger partial charge is 0.163 e. The van der Waals surface area contributed by atoms with Gasteiger partial charge in [0.1, 0.15) is 0 Å². The fraction of sp³-hybridized carbons (Fsp3) is 0.294. The largest absolute Gasteiger partial charge is 0.313 e. The Kier molecular flexibility index (Phi) is 3.97. The van der Waals surface area contributed by atoms with Crippen LogP contribution in [0.5, 0.6) is 0 Å². The monoisotopic (exact) mass is 280 g/mol. The van der Waals surface area contributed by atoms with Gasteiger partial charge in [-0.3, -0.25) is 0 Å². The molecule has 4 heteroatoms. The van der Waals surface area contributed by atoms with E-state index in [1.807, 2.05) is 48.1 Å². The average molecular weight is 280 g/mol. The molecule has 0 saturated carbocycles. The number of hydrogen-bond donors (Lipinski definition) is 1. The molecule has 0 unspecified atom stereocenters. The lowest BCUT2D eigenvalue weighted by molar-refractivity contribution is 0.674. The molecule has 108 valence electrons. The van der Waals surface area contributed by atoms with Crippen LogP contribution in [-0.2, 0) is 6.54 Å². The number of rotatable bonds is 5. The summed E-state index contributed by atoms with van der Waals surface area (Å²) in [6.07, 6.45) is 3.08. The first kappa shape index (κ1) is 13.8. The Hall–Kier alpha value is -2.20. The molecule has 1 N–H and O–H groups in total. The van der Waals surface area contributed by atoms with Crippen molar-refractivity contribution in [3.8, 4) is 5.69 Å². The first-order valence-corrected chi connectivity index (χ1v) is 7.40. The summed E-state index contributed by atoms with van der Waals surface area (Å²) < 4.78 is 1.91.